The summed E-state index contributed by atoms with van der Waals surface area (Å²) in [5.74, 6) is -1.48. The molecule has 1 aromatic carbocycles. The Bertz CT molecular complexity index is 518. The molecular weight excluding hydrogens is 287 g/mol. The molecule has 1 atom stereocenters. The summed E-state index contributed by atoms with van der Waals surface area (Å²) in [6.45, 7) is 1.46. The van der Waals surface area contributed by atoms with Crippen LogP contribution in [0.15, 0.2) is 24.3 Å². The molecule has 21 heavy (non-hydrogen) atoms. The highest BCUT2D eigenvalue weighted by molar-refractivity contribution is 5.97. The number of benzene rings is 1. The van der Waals surface area contributed by atoms with Crippen LogP contribution in [0.1, 0.15) is 22.8 Å². The van der Waals surface area contributed by atoms with Gasteiger partial charge in [-0.1, -0.05) is 12.1 Å². The monoisotopic (exact) mass is 303 g/mol. The van der Waals surface area contributed by atoms with Gasteiger partial charge >= 0.3 is 6.18 Å². The average Bonchev–Trinajstić information content (AvgIpc) is 2.43. The second-order valence-corrected chi connectivity index (χ2v) is 4.43. The topological polar surface area (TPSA) is 84.2 Å². The molecule has 0 fully saturated rings. The van der Waals surface area contributed by atoms with Gasteiger partial charge in [0.2, 0.25) is 5.91 Å². The van der Waals surface area contributed by atoms with Crippen molar-refractivity contribution < 1.29 is 22.8 Å². The van der Waals surface area contributed by atoms with Crippen LogP contribution in [0.5, 0.6) is 0 Å². The predicted octanol–water partition coefficient (Wildman–Crippen LogP) is 0.899. The standard InChI is InChI=1S/C13H16F3N3O2/c1-8(6-17)19-11(20)7-18-12(21)9-4-2-3-5-10(9)13(14,15)16/h2-5,8H,6-7,17H2,1H3,(H,18,21)(H,19,20)/t8-/m0/s1. The highest BCUT2D eigenvalue weighted by Crippen LogP contribution is 2.31. The fraction of sp³-hybridized carbons (Fsp3) is 0.385. The van der Waals surface area contributed by atoms with Gasteiger partial charge in [-0.3, -0.25) is 9.59 Å². The maximum absolute atomic E-state index is 12.8. The van der Waals surface area contributed by atoms with E-state index in [0.29, 0.717) is 0 Å². The molecule has 5 nitrogen and oxygen atoms in total. The van der Waals surface area contributed by atoms with Gasteiger partial charge < -0.3 is 16.4 Å². The third-order valence-electron chi connectivity index (χ3n) is 2.65. The minimum Gasteiger partial charge on any atom is -0.351 e. The van der Waals surface area contributed by atoms with E-state index in [0.717, 1.165) is 12.1 Å². The van der Waals surface area contributed by atoms with Gasteiger partial charge in [-0.15, -0.1) is 0 Å². The van der Waals surface area contributed by atoms with Crippen molar-refractivity contribution in [1.29, 1.82) is 0 Å². The van der Waals surface area contributed by atoms with Gasteiger partial charge in [0.05, 0.1) is 17.7 Å². The van der Waals surface area contributed by atoms with Crippen LogP contribution in [0.3, 0.4) is 0 Å². The molecular formula is C13H16F3N3O2. The van der Waals surface area contributed by atoms with Gasteiger partial charge in [-0.05, 0) is 19.1 Å². The SMILES string of the molecule is C[C@@H](CN)NC(=O)CNC(=O)c1ccccc1C(F)(F)F. The van der Waals surface area contributed by atoms with Crippen molar-refractivity contribution in [3.8, 4) is 0 Å². The van der Waals surface area contributed by atoms with E-state index in [1.165, 1.54) is 12.1 Å². The fourth-order valence-electron chi connectivity index (χ4n) is 1.57. The lowest BCUT2D eigenvalue weighted by Crippen LogP contribution is -2.43. The van der Waals surface area contributed by atoms with E-state index in [1.54, 1.807) is 6.92 Å². The van der Waals surface area contributed by atoms with Crippen molar-refractivity contribution in [2.45, 2.75) is 19.1 Å². The number of halogens is 3. The third-order valence-corrected chi connectivity index (χ3v) is 2.65. The number of nitrogens with one attached hydrogen (secondary N) is 2. The Kier molecular flexibility index (Phi) is 5.71. The minimum atomic E-state index is -4.63. The summed E-state index contributed by atoms with van der Waals surface area (Å²) >= 11 is 0. The highest BCUT2D eigenvalue weighted by atomic mass is 19.4. The summed E-state index contributed by atoms with van der Waals surface area (Å²) in [6.07, 6.45) is -4.63. The number of hydrogen-bond donors (Lipinski definition) is 3. The number of nitrogens with two attached hydrogens (primary N) is 1. The van der Waals surface area contributed by atoms with Gasteiger partial charge in [0.15, 0.2) is 0 Å². The lowest BCUT2D eigenvalue weighted by molar-refractivity contribution is -0.137. The van der Waals surface area contributed by atoms with E-state index in [2.05, 4.69) is 10.6 Å². The number of carbonyl (C=O) groups is 2. The Morgan fingerprint density at radius 1 is 1.29 bits per heavy atom. The van der Waals surface area contributed by atoms with Crippen molar-refractivity contribution in [1.82, 2.24) is 10.6 Å². The summed E-state index contributed by atoms with van der Waals surface area (Å²) in [4.78, 5) is 23.2. The first-order valence-electron chi connectivity index (χ1n) is 6.19. The van der Waals surface area contributed by atoms with Crippen LogP contribution in [-0.4, -0.2) is 30.9 Å². The number of alkyl halides is 3. The van der Waals surface area contributed by atoms with E-state index in [1.807, 2.05) is 0 Å². The Morgan fingerprint density at radius 2 is 1.90 bits per heavy atom. The Balaban J connectivity index is 2.71. The molecule has 0 unspecified atom stereocenters. The number of amides is 2. The van der Waals surface area contributed by atoms with Crippen LogP contribution in [0, 0.1) is 0 Å². The largest absolute Gasteiger partial charge is 0.417 e. The third kappa shape index (κ3) is 5.07. The molecule has 0 bridgehead atoms. The van der Waals surface area contributed by atoms with Crippen LogP contribution < -0.4 is 16.4 Å². The van der Waals surface area contributed by atoms with Gasteiger partial charge in [-0.2, -0.15) is 13.2 Å². The Hall–Kier alpha value is -2.09. The molecule has 0 saturated heterocycles. The molecule has 0 aliphatic rings. The summed E-state index contributed by atoms with van der Waals surface area (Å²) < 4.78 is 38.3. The van der Waals surface area contributed by atoms with Crippen LogP contribution in [0.4, 0.5) is 13.2 Å². The van der Waals surface area contributed by atoms with Crippen molar-refractivity contribution in [2.75, 3.05) is 13.1 Å². The van der Waals surface area contributed by atoms with Crippen molar-refractivity contribution in [3.05, 3.63) is 35.4 Å². The second kappa shape index (κ2) is 7.07. The quantitative estimate of drug-likeness (QED) is 0.755. The number of carbonyl (C=O) groups excluding carboxylic acids is 2. The van der Waals surface area contributed by atoms with E-state index in [4.69, 9.17) is 5.73 Å². The molecule has 116 valence electrons. The smallest absolute Gasteiger partial charge is 0.351 e. The first-order chi connectivity index (χ1) is 9.75. The van der Waals surface area contributed by atoms with E-state index in [9.17, 15) is 22.8 Å². The maximum Gasteiger partial charge on any atom is 0.417 e. The molecule has 0 aliphatic heterocycles. The maximum atomic E-state index is 12.8. The molecule has 8 heteroatoms. The van der Waals surface area contributed by atoms with Crippen LogP contribution in [0.25, 0.3) is 0 Å². The first-order valence-corrected chi connectivity index (χ1v) is 6.19. The number of hydrogen-bond acceptors (Lipinski definition) is 3. The van der Waals surface area contributed by atoms with Crippen molar-refractivity contribution >= 4 is 11.8 Å². The van der Waals surface area contributed by atoms with Crippen molar-refractivity contribution in [2.24, 2.45) is 5.73 Å². The van der Waals surface area contributed by atoms with E-state index >= 15 is 0 Å². The number of rotatable bonds is 5. The average molecular weight is 303 g/mol. The molecule has 1 rings (SSSR count). The zero-order valence-corrected chi connectivity index (χ0v) is 11.3. The molecule has 0 saturated carbocycles. The Labute approximate surface area is 119 Å². The summed E-state index contributed by atoms with van der Waals surface area (Å²) in [6, 6.07) is 4.09. The summed E-state index contributed by atoms with van der Waals surface area (Å²) in [5, 5.41) is 4.63. The molecule has 0 heterocycles. The highest BCUT2D eigenvalue weighted by Gasteiger charge is 2.34. The lowest BCUT2D eigenvalue weighted by Gasteiger charge is -2.14. The predicted molar refractivity (Wildman–Crippen MR) is 70.4 cm³/mol. The first kappa shape index (κ1) is 17.0. The fourth-order valence-corrected chi connectivity index (χ4v) is 1.57. The van der Waals surface area contributed by atoms with Crippen LogP contribution in [-0.2, 0) is 11.0 Å². The van der Waals surface area contributed by atoms with Gasteiger partial charge in [-0.25, -0.2) is 0 Å². The molecule has 1 aromatic rings. The zero-order valence-electron chi connectivity index (χ0n) is 11.3. The van der Waals surface area contributed by atoms with Gasteiger partial charge in [0, 0.05) is 12.6 Å². The summed E-state index contributed by atoms with van der Waals surface area (Å²) in [7, 11) is 0. The molecule has 0 aliphatic carbocycles. The lowest BCUT2D eigenvalue weighted by atomic mass is 10.1. The van der Waals surface area contributed by atoms with Crippen molar-refractivity contribution in [3.63, 3.8) is 0 Å². The van der Waals surface area contributed by atoms with Crippen LogP contribution in [0.2, 0.25) is 0 Å². The van der Waals surface area contributed by atoms with E-state index in [-0.39, 0.29) is 12.6 Å². The Morgan fingerprint density at radius 3 is 2.48 bits per heavy atom. The molecule has 0 aromatic heterocycles. The second-order valence-electron chi connectivity index (χ2n) is 4.43. The molecule has 2 amide bonds. The molecule has 4 N–H and O–H groups in total. The minimum absolute atomic E-state index is 0.219. The van der Waals surface area contributed by atoms with Crippen LogP contribution >= 0.6 is 0 Å². The zero-order chi connectivity index (χ0) is 16.0. The summed E-state index contributed by atoms with van der Waals surface area (Å²) in [5.41, 5.74) is 3.74. The normalized spacial score (nSPS) is 12.6. The van der Waals surface area contributed by atoms with E-state index < -0.39 is 35.7 Å². The molecule has 0 radical (unpaired) electrons. The van der Waals surface area contributed by atoms with Gasteiger partial charge in [0.1, 0.15) is 0 Å². The van der Waals surface area contributed by atoms with Gasteiger partial charge in [0.25, 0.3) is 5.91 Å². The molecule has 0 spiro atoms.